The Balaban J connectivity index is 1.45. The lowest BCUT2D eigenvalue weighted by atomic mass is 9.96. The summed E-state index contributed by atoms with van der Waals surface area (Å²) in [6, 6.07) is 11.7. The molecule has 0 aromatic heterocycles. The van der Waals surface area contributed by atoms with E-state index in [1.807, 2.05) is 4.90 Å². The maximum Gasteiger partial charge on any atom is 0.285 e. The first kappa shape index (κ1) is 20.0. The van der Waals surface area contributed by atoms with Crippen LogP contribution in [-0.4, -0.2) is 38.2 Å². The molecule has 1 fully saturated rings. The quantitative estimate of drug-likeness (QED) is 0.697. The van der Waals surface area contributed by atoms with Crippen LogP contribution in [0.5, 0.6) is 0 Å². The van der Waals surface area contributed by atoms with Gasteiger partial charge in [-0.05, 0) is 43.2 Å². The molecular weight excluding hydrogens is 435 g/mol. The van der Waals surface area contributed by atoms with Crippen molar-refractivity contribution < 1.29 is 13.2 Å². The van der Waals surface area contributed by atoms with Crippen molar-refractivity contribution in [1.82, 2.24) is 10.3 Å². The highest BCUT2D eigenvalue weighted by molar-refractivity contribution is 7.90. The van der Waals surface area contributed by atoms with Gasteiger partial charge in [-0.15, -0.1) is 4.40 Å². The molecule has 0 radical (unpaired) electrons. The van der Waals surface area contributed by atoms with Crippen molar-refractivity contribution in [2.75, 3.05) is 18.5 Å². The summed E-state index contributed by atoms with van der Waals surface area (Å²) in [7, 11) is -3.69. The van der Waals surface area contributed by atoms with Crippen LogP contribution in [0.3, 0.4) is 0 Å². The highest BCUT2D eigenvalue weighted by atomic mass is 35.5. The number of hydrogen-bond acceptors (Lipinski definition) is 5. The minimum atomic E-state index is -3.69. The van der Waals surface area contributed by atoms with Crippen LogP contribution in [0.2, 0.25) is 10.0 Å². The Bertz CT molecular complexity index is 1100. The number of rotatable bonds is 3. The minimum Gasteiger partial charge on any atom is -0.355 e. The van der Waals surface area contributed by atoms with Gasteiger partial charge in [-0.25, -0.2) is 0 Å². The van der Waals surface area contributed by atoms with Gasteiger partial charge in [0, 0.05) is 18.7 Å². The Labute approximate surface area is 178 Å². The topological polar surface area (TPSA) is 90.9 Å². The fourth-order valence-electron chi connectivity index (χ4n) is 3.51. The summed E-state index contributed by atoms with van der Waals surface area (Å²) in [4.78, 5) is 14.7. The number of fused-ring (bicyclic) bond motifs is 1. The summed E-state index contributed by atoms with van der Waals surface area (Å²) in [6.45, 7) is 1.03. The monoisotopic (exact) mass is 452 g/mol. The molecular formula is C19H18Cl2N4O3S. The number of hydrogen-bond donors (Lipinski definition) is 2. The number of halogens is 2. The Morgan fingerprint density at radius 2 is 1.93 bits per heavy atom. The lowest BCUT2D eigenvalue weighted by Gasteiger charge is -2.33. The zero-order valence-corrected chi connectivity index (χ0v) is 17.6. The number of sulfonamides is 1. The maximum atomic E-state index is 12.6. The van der Waals surface area contributed by atoms with Crippen LogP contribution in [0.15, 0.2) is 51.8 Å². The predicted octanol–water partition coefficient (Wildman–Crippen LogP) is 3.30. The average molecular weight is 453 g/mol. The van der Waals surface area contributed by atoms with E-state index in [1.54, 1.807) is 42.5 Å². The molecule has 2 heterocycles. The van der Waals surface area contributed by atoms with Crippen molar-refractivity contribution in [3.8, 4) is 0 Å². The van der Waals surface area contributed by atoms with Gasteiger partial charge in [0.05, 0.1) is 21.7 Å². The molecule has 2 aromatic rings. The zero-order valence-electron chi connectivity index (χ0n) is 15.2. The number of amidine groups is 1. The number of likely N-dealkylation sites (tertiary alicyclic amines) is 1. The van der Waals surface area contributed by atoms with Crippen LogP contribution < -0.4 is 10.9 Å². The second kappa shape index (κ2) is 7.85. The van der Waals surface area contributed by atoms with E-state index in [0.717, 1.165) is 6.42 Å². The van der Waals surface area contributed by atoms with Crippen molar-refractivity contribution >= 4 is 50.7 Å². The van der Waals surface area contributed by atoms with Gasteiger partial charge in [-0.3, -0.25) is 15.6 Å². The summed E-state index contributed by atoms with van der Waals surface area (Å²) >= 11 is 11.9. The molecule has 29 heavy (non-hydrogen) atoms. The SMILES string of the molecule is O=C(NNc1ccc(Cl)c(Cl)c1)C1CCCN(C2=NS(=O)(=O)c3ccccc32)C1. The molecule has 4 rings (SSSR count). The molecule has 7 nitrogen and oxygen atoms in total. The number of anilines is 1. The van der Waals surface area contributed by atoms with Crippen LogP contribution in [0.25, 0.3) is 0 Å². The van der Waals surface area contributed by atoms with E-state index in [0.29, 0.717) is 46.6 Å². The number of amides is 1. The van der Waals surface area contributed by atoms with Gasteiger partial charge in [0.25, 0.3) is 10.0 Å². The number of hydrazine groups is 1. The first-order valence-corrected chi connectivity index (χ1v) is 11.2. The van der Waals surface area contributed by atoms with Gasteiger partial charge in [0.1, 0.15) is 4.90 Å². The van der Waals surface area contributed by atoms with Crippen molar-refractivity contribution in [1.29, 1.82) is 0 Å². The van der Waals surface area contributed by atoms with E-state index in [1.165, 1.54) is 0 Å². The fraction of sp³-hybridized carbons (Fsp3) is 0.263. The van der Waals surface area contributed by atoms with Crippen LogP contribution in [0.1, 0.15) is 18.4 Å². The van der Waals surface area contributed by atoms with Crippen LogP contribution in [-0.2, 0) is 14.8 Å². The second-order valence-electron chi connectivity index (χ2n) is 6.91. The molecule has 0 bridgehead atoms. The Kier molecular flexibility index (Phi) is 5.42. The van der Waals surface area contributed by atoms with E-state index in [9.17, 15) is 13.2 Å². The summed E-state index contributed by atoms with van der Waals surface area (Å²) in [5.74, 6) is -0.0803. The maximum absolute atomic E-state index is 12.6. The first-order chi connectivity index (χ1) is 13.8. The van der Waals surface area contributed by atoms with Gasteiger partial charge in [0.15, 0.2) is 5.84 Å². The molecule has 0 aliphatic carbocycles. The molecule has 10 heteroatoms. The summed E-state index contributed by atoms with van der Waals surface area (Å²) in [6.07, 6.45) is 1.46. The zero-order chi connectivity index (χ0) is 20.6. The molecule has 152 valence electrons. The number of carbonyl (C=O) groups excluding carboxylic acids is 1. The Hall–Kier alpha value is -2.29. The highest BCUT2D eigenvalue weighted by Gasteiger charge is 2.35. The third-order valence-electron chi connectivity index (χ3n) is 4.95. The van der Waals surface area contributed by atoms with E-state index >= 15 is 0 Å². The molecule has 2 aromatic carbocycles. The molecule has 2 aliphatic heterocycles. The van der Waals surface area contributed by atoms with Gasteiger partial charge in [0.2, 0.25) is 5.91 Å². The molecule has 0 saturated carbocycles. The lowest BCUT2D eigenvalue weighted by molar-refractivity contribution is -0.125. The molecule has 1 atom stereocenters. The Morgan fingerprint density at radius 3 is 2.72 bits per heavy atom. The van der Waals surface area contributed by atoms with E-state index in [4.69, 9.17) is 23.2 Å². The van der Waals surface area contributed by atoms with Gasteiger partial charge < -0.3 is 4.90 Å². The first-order valence-electron chi connectivity index (χ1n) is 9.05. The molecule has 0 spiro atoms. The van der Waals surface area contributed by atoms with E-state index < -0.39 is 10.0 Å². The smallest absolute Gasteiger partial charge is 0.285 e. The fourth-order valence-corrected chi connectivity index (χ4v) is 5.04. The van der Waals surface area contributed by atoms with Gasteiger partial charge in [-0.2, -0.15) is 8.42 Å². The van der Waals surface area contributed by atoms with Crippen molar-refractivity contribution in [2.24, 2.45) is 10.3 Å². The Morgan fingerprint density at radius 1 is 1.14 bits per heavy atom. The molecule has 1 saturated heterocycles. The predicted molar refractivity (Wildman–Crippen MR) is 113 cm³/mol. The second-order valence-corrected chi connectivity index (χ2v) is 9.30. The number of nitrogens with one attached hydrogen (secondary N) is 2. The third-order valence-corrected chi connectivity index (χ3v) is 7.02. The highest BCUT2D eigenvalue weighted by Crippen LogP contribution is 2.30. The number of benzene rings is 2. The van der Waals surface area contributed by atoms with Crippen LogP contribution in [0, 0.1) is 5.92 Å². The average Bonchev–Trinajstić information content (AvgIpc) is 3.00. The normalized spacial score (nSPS) is 20.0. The van der Waals surface area contributed by atoms with E-state index in [2.05, 4.69) is 15.2 Å². The summed E-state index contributed by atoms with van der Waals surface area (Å²) in [5.41, 5.74) is 6.72. The lowest BCUT2D eigenvalue weighted by Crippen LogP contribution is -2.46. The number of carbonyl (C=O) groups is 1. The summed E-state index contributed by atoms with van der Waals surface area (Å²) in [5, 5.41) is 0.813. The number of nitrogens with zero attached hydrogens (tertiary/aromatic N) is 2. The van der Waals surface area contributed by atoms with Crippen LogP contribution in [0.4, 0.5) is 5.69 Å². The van der Waals surface area contributed by atoms with Crippen molar-refractivity contribution in [3.05, 3.63) is 58.1 Å². The minimum absolute atomic E-state index is 0.185. The van der Waals surface area contributed by atoms with Crippen molar-refractivity contribution in [2.45, 2.75) is 17.7 Å². The van der Waals surface area contributed by atoms with Gasteiger partial charge in [-0.1, -0.05) is 35.3 Å². The van der Waals surface area contributed by atoms with E-state index in [-0.39, 0.29) is 16.7 Å². The third kappa shape index (κ3) is 4.05. The molecule has 2 N–H and O–H groups in total. The summed E-state index contributed by atoms with van der Waals surface area (Å²) < 4.78 is 28.6. The number of piperidine rings is 1. The van der Waals surface area contributed by atoms with Crippen molar-refractivity contribution in [3.63, 3.8) is 0 Å². The molecule has 1 amide bonds. The van der Waals surface area contributed by atoms with Gasteiger partial charge >= 0.3 is 0 Å². The largest absolute Gasteiger partial charge is 0.355 e. The van der Waals surface area contributed by atoms with Crippen LogP contribution >= 0.6 is 23.2 Å². The molecule has 2 aliphatic rings. The molecule has 1 unspecified atom stereocenters. The standard InChI is InChI=1S/C19H18Cl2N4O3S/c20-15-8-7-13(10-16(15)21)22-23-19(26)12-4-3-9-25(11-12)18-14-5-1-2-6-17(14)29(27,28)24-18/h1-2,5-8,10,12,22H,3-4,9,11H2,(H,23,26).